The zero-order valence-electron chi connectivity index (χ0n) is 22.0. The Bertz CT molecular complexity index is 1210. The molecule has 3 aromatic rings. The first-order valence-electron chi connectivity index (χ1n) is 13.0. The number of ether oxygens (including phenoxy) is 1. The molecule has 7 heteroatoms. The lowest BCUT2D eigenvalue weighted by Crippen LogP contribution is -2.45. The average Bonchev–Trinajstić information content (AvgIpc) is 2.93. The van der Waals surface area contributed by atoms with E-state index in [1.807, 2.05) is 59.6 Å². The molecule has 0 fully saturated rings. The van der Waals surface area contributed by atoms with Crippen LogP contribution in [0.3, 0.4) is 0 Å². The van der Waals surface area contributed by atoms with Gasteiger partial charge in [0.05, 0.1) is 13.1 Å². The van der Waals surface area contributed by atoms with E-state index in [4.69, 9.17) is 4.74 Å². The number of benzene rings is 2. The predicted octanol–water partition coefficient (Wildman–Crippen LogP) is 3.97. The molecule has 0 aliphatic carbocycles. The van der Waals surface area contributed by atoms with E-state index in [2.05, 4.69) is 29.8 Å². The molecule has 37 heavy (non-hydrogen) atoms. The van der Waals surface area contributed by atoms with Gasteiger partial charge in [0.1, 0.15) is 12.4 Å². The lowest BCUT2D eigenvalue weighted by Gasteiger charge is -2.29. The van der Waals surface area contributed by atoms with E-state index >= 15 is 0 Å². The van der Waals surface area contributed by atoms with Crippen molar-refractivity contribution >= 4 is 11.8 Å². The molecule has 4 rings (SSSR count). The van der Waals surface area contributed by atoms with Crippen molar-refractivity contribution in [3.8, 4) is 16.9 Å². The van der Waals surface area contributed by atoms with Gasteiger partial charge in [-0.3, -0.25) is 19.5 Å². The third-order valence-electron chi connectivity index (χ3n) is 6.90. The van der Waals surface area contributed by atoms with E-state index in [1.165, 1.54) is 0 Å². The van der Waals surface area contributed by atoms with E-state index in [0.29, 0.717) is 44.8 Å². The van der Waals surface area contributed by atoms with Gasteiger partial charge in [-0.1, -0.05) is 38.1 Å². The SMILES string of the molecule is CCN(CC)CC(=O)N1CCOc2ccc(-c3cccnc3)cc2Cc2cccc(c2)C(=O)N(C)CC1. The van der Waals surface area contributed by atoms with Crippen LogP contribution in [0.5, 0.6) is 5.75 Å². The molecule has 0 spiro atoms. The third kappa shape index (κ3) is 6.74. The van der Waals surface area contributed by atoms with Gasteiger partial charge in [-0.2, -0.15) is 0 Å². The minimum atomic E-state index is -0.0457. The molecular formula is C30H36N4O3. The molecule has 0 saturated carbocycles. The summed E-state index contributed by atoms with van der Waals surface area (Å²) in [6, 6.07) is 17.9. The highest BCUT2D eigenvalue weighted by molar-refractivity contribution is 5.94. The Kier molecular flexibility index (Phi) is 8.90. The maximum absolute atomic E-state index is 13.2. The Balaban J connectivity index is 1.66. The summed E-state index contributed by atoms with van der Waals surface area (Å²) in [6.45, 7) is 7.84. The number of carbonyl (C=O) groups is 2. The van der Waals surface area contributed by atoms with Gasteiger partial charge in [-0.25, -0.2) is 0 Å². The summed E-state index contributed by atoms with van der Waals surface area (Å²) in [5, 5.41) is 0. The largest absolute Gasteiger partial charge is 0.491 e. The van der Waals surface area contributed by atoms with Crippen LogP contribution in [0.15, 0.2) is 67.0 Å². The summed E-state index contributed by atoms with van der Waals surface area (Å²) in [4.78, 5) is 36.2. The number of likely N-dealkylation sites (N-methyl/N-ethyl adjacent to an activating group) is 2. The van der Waals surface area contributed by atoms with E-state index < -0.39 is 0 Å². The van der Waals surface area contributed by atoms with Crippen LogP contribution in [0.2, 0.25) is 0 Å². The van der Waals surface area contributed by atoms with Gasteiger partial charge in [0.2, 0.25) is 5.91 Å². The smallest absolute Gasteiger partial charge is 0.253 e. The van der Waals surface area contributed by atoms with E-state index in [-0.39, 0.29) is 11.8 Å². The van der Waals surface area contributed by atoms with Gasteiger partial charge >= 0.3 is 0 Å². The van der Waals surface area contributed by atoms with Gasteiger partial charge < -0.3 is 14.5 Å². The summed E-state index contributed by atoms with van der Waals surface area (Å²) < 4.78 is 6.28. The Morgan fingerprint density at radius 3 is 2.54 bits per heavy atom. The van der Waals surface area contributed by atoms with Crippen molar-refractivity contribution in [2.75, 3.05) is 52.9 Å². The van der Waals surface area contributed by atoms with Crippen LogP contribution in [0, 0.1) is 0 Å². The minimum absolute atomic E-state index is 0.0457. The van der Waals surface area contributed by atoms with Gasteiger partial charge in [-0.15, -0.1) is 0 Å². The first-order valence-corrected chi connectivity index (χ1v) is 13.0. The van der Waals surface area contributed by atoms with Crippen molar-refractivity contribution in [2.45, 2.75) is 20.3 Å². The maximum Gasteiger partial charge on any atom is 0.253 e. The number of carbonyl (C=O) groups excluding carboxylic acids is 2. The lowest BCUT2D eigenvalue weighted by molar-refractivity contribution is -0.132. The number of nitrogens with zero attached hydrogens (tertiary/aromatic N) is 4. The molecule has 7 nitrogen and oxygen atoms in total. The van der Waals surface area contributed by atoms with Crippen LogP contribution in [0.4, 0.5) is 0 Å². The molecule has 2 amide bonds. The summed E-state index contributed by atoms with van der Waals surface area (Å²) in [5.74, 6) is 0.791. The molecule has 1 aliphatic heterocycles. The monoisotopic (exact) mass is 500 g/mol. The molecule has 2 heterocycles. The van der Waals surface area contributed by atoms with Crippen LogP contribution < -0.4 is 4.74 Å². The summed E-state index contributed by atoms with van der Waals surface area (Å²) in [7, 11) is 1.79. The van der Waals surface area contributed by atoms with Crippen LogP contribution in [0.1, 0.15) is 35.3 Å². The van der Waals surface area contributed by atoms with Crippen molar-refractivity contribution in [2.24, 2.45) is 0 Å². The summed E-state index contributed by atoms with van der Waals surface area (Å²) >= 11 is 0. The number of pyridine rings is 1. The second-order valence-corrected chi connectivity index (χ2v) is 9.36. The molecule has 0 N–H and O–H groups in total. The number of hydrogen-bond acceptors (Lipinski definition) is 5. The normalized spacial score (nSPS) is 14.6. The highest BCUT2D eigenvalue weighted by atomic mass is 16.5. The first kappa shape index (κ1) is 26.4. The topological polar surface area (TPSA) is 66.0 Å². The van der Waals surface area contributed by atoms with Crippen molar-refractivity contribution in [3.63, 3.8) is 0 Å². The van der Waals surface area contributed by atoms with E-state index in [9.17, 15) is 9.59 Å². The third-order valence-corrected chi connectivity index (χ3v) is 6.90. The predicted molar refractivity (Wildman–Crippen MR) is 146 cm³/mol. The molecule has 2 aromatic carbocycles. The Morgan fingerprint density at radius 2 is 1.78 bits per heavy atom. The van der Waals surface area contributed by atoms with Gasteiger partial charge in [0.15, 0.2) is 0 Å². The van der Waals surface area contributed by atoms with Crippen LogP contribution in [-0.4, -0.2) is 84.4 Å². The highest BCUT2D eigenvalue weighted by Crippen LogP contribution is 2.29. The second-order valence-electron chi connectivity index (χ2n) is 9.36. The maximum atomic E-state index is 13.2. The first-order chi connectivity index (χ1) is 18.0. The van der Waals surface area contributed by atoms with Crippen LogP contribution >= 0.6 is 0 Å². The van der Waals surface area contributed by atoms with Crippen LogP contribution in [0.25, 0.3) is 11.1 Å². The quantitative estimate of drug-likeness (QED) is 0.530. The molecule has 0 atom stereocenters. The van der Waals surface area contributed by atoms with Gasteiger partial charge in [0, 0.05) is 50.1 Å². The van der Waals surface area contributed by atoms with Crippen LogP contribution in [-0.2, 0) is 11.2 Å². The Hall–Kier alpha value is -3.71. The van der Waals surface area contributed by atoms with Crippen molar-refractivity contribution in [1.29, 1.82) is 0 Å². The lowest BCUT2D eigenvalue weighted by atomic mass is 9.98. The second kappa shape index (κ2) is 12.5. The minimum Gasteiger partial charge on any atom is -0.491 e. The molecule has 0 radical (unpaired) electrons. The van der Waals surface area contributed by atoms with Gasteiger partial charge in [-0.05, 0) is 60.1 Å². The highest BCUT2D eigenvalue weighted by Gasteiger charge is 2.20. The molecule has 0 unspecified atom stereocenters. The fourth-order valence-electron chi connectivity index (χ4n) is 4.56. The number of amides is 2. The molecule has 1 aromatic heterocycles. The Morgan fingerprint density at radius 1 is 0.973 bits per heavy atom. The van der Waals surface area contributed by atoms with Crippen molar-refractivity contribution < 1.29 is 14.3 Å². The summed E-state index contributed by atoms with van der Waals surface area (Å²) in [5.41, 5.74) is 4.80. The number of hydrogen-bond donors (Lipinski definition) is 0. The number of fused-ring (bicyclic) bond motifs is 3. The van der Waals surface area contributed by atoms with Gasteiger partial charge in [0.25, 0.3) is 5.91 Å². The van der Waals surface area contributed by atoms with Crippen molar-refractivity contribution in [3.05, 3.63) is 83.7 Å². The zero-order valence-corrected chi connectivity index (χ0v) is 22.0. The molecule has 1 aliphatic rings. The fraction of sp³-hybridized carbons (Fsp3) is 0.367. The number of rotatable bonds is 5. The molecule has 2 bridgehead atoms. The number of aromatic nitrogens is 1. The zero-order chi connectivity index (χ0) is 26.2. The standard InChI is InChI=1S/C30H36N4O3/c1-4-33(5-2)22-29(35)34-15-14-32(3)30(36)25-9-6-8-23(18-25)19-27-20-24(26-10-7-13-31-21-26)11-12-28(27)37-17-16-34/h6-13,18,20-21H,4-5,14-17,19,22H2,1-3H3. The van der Waals surface area contributed by atoms with E-state index in [0.717, 1.165) is 41.1 Å². The van der Waals surface area contributed by atoms with Crippen molar-refractivity contribution in [1.82, 2.24) is 19.7 Å². The molecule has 194 valence electrons. The molecule has 0 saturated heterocycles. The van der Waals surface area contributed by atoms with E-state index in [1.54, 1.807) is 18.1 Å². The fourth-order valence-corrected chi connectivity index (χ4v) is 4.56. The Labute approximate surface area is 219 Å². The summed E-state index contributed by atoms with van der Waals surface area (Å²) in [6.07, 6.45) is 4.23. The average molecular weight is 501 g/mol. The molecular weight excluding hydrogens is 464 g/mol.